The molecule has 1 aromatic rings. The minimum atomic E-state index is -1.24. The number of amides is 2. The van der Waals surface area contributed by atoms with Gasteiger partial charge in [-0.05, 0) is 57.4 Å². The van der Waals surface area contributed by atoms with Gasteiger partial charge in [-0.15, -0.1) is 0 Å². The fraction of sp³-hybridized carbons (Fsp3) is 0.515. The third-order valence-corrected chi connectivity index (χ3v) is 6.93. The number of hydrogen-bond donors (Lipinski definition) is 2. The topological polar surface area (TPSA) is 171 Å². The van der Waals surface area contributed by atoms with Crippen molar-refractivity contribution in [1.29, 1.82) is 0 Å². The Hall–Kier alpha value is -4.61. The highest BCUT2D eigenvalue weighted by Gasteiger charge is 2.39. The highest BCUT2D eigenvalue weighted by atomic mass is 16.7. The molecule has 0 spiro atoms. The Kier molecular flexibility index (Phi) is 18.0. The lowest BCUT2D eigenvalue weighted by Gasteiger charge is -2.22. The van der Waals surface area contributed by atoms with E-state index < -0.39 is 35.9 Å². The zero-order valence-electron chi connectivity index (χ0n) is 27.0. The summed E-state index contributed by atoms with van der Waals surface area (Å²) in [4.78, 5) is 54.9. The molecule has 0 unspecified atom stereocenters. The second-order valence-electron chi connectivity index (χ2n) is 10.7. The molecule has 1 aliphatic rings. The third kappa shape index (κ3) is 14.4. The Bertz CT molecular complexity index is 1420. The van der Waals surface area contributed by atoms with Crippen molar-refractivity contribution in [3.05, 3.63) is 104 Å². The number of aryl methyl sites for hydroxylation is 1. The predicted octanol–water partition coefficient (Wildman–Crippen LogP) is 5.88. The normalized spacial score (nSPS) is 18.3. The van der Waals surface area contributed by atoms with Gasteiger partial charge in [-0.1, -0.05) is 72.8 Å². The van der Waals surface area contributed by atoms with E-state index in [1.165, 1.54) is 25.1 Å². The Balaban J connectivity index is 1.60. The van der Waals surface area contributed by atoms with Crippen LogP contribution in [-0.2, 0) is 14.3 Å². The van der Waals surface area contributed by atoms with E-state index in [1.54, 1.807) is 0 Å². The maximum Gasteiger partial charge on any atom is 0.411 e. The van der Waals surface area contributed by atoms with Crippen molar-refractivity contribution in [3.63, 3.8) is 0 Å². The van der Waals surface area contributed by atoms with Crippen LogP contribution in [0.15, 0.2) is 81.7 Å². The Morgan fingerprint density at radius 2 is 1.70 bits per heavy atom. The lowest BCUT2D eigenvalue weighted by atomic mass is 10.2. The summed E-state index contributed by atoms with van der Waals surface area (Å²) >= 11 is 0. The number of carbonyl (C=O) groups is 2. The maximum absolute atomic E-state index is 12.6. The summed E-state index contributed by atoms with van der Waals surface area (Å²) in [6.07, 6.45) is 26.7. The monoisotopic (exact) mass is 637 g/mol. The molecule has 1 aliphatic heterocycles. The zero-order chi connectivity index (χ0) is 33.6. The van der Waals surface area contributed by atoms with E-state index in [2.05, 4.69) is 88.0 Å². The first kappa shape index (κ1) is 37.6. The van der Waals surface area contributed by atoms with Crippen molar-refractivity contribution in [2.75, 3.05) is 20.1 Å². The summed E-state index contributed by atoms with van der Waals surface area (Å²) in [5.41, 5.74) is 8.00. The van der Waals surface area contributed by atoms with E-state index in [0.717, 1.165) is 43.1 Å². The molecular weight excluding hydrogens is 590 g/mol. The number of likely N-dealkylation sites (N-methyl/N-ethyl adjacent to an activating group) is 1. The number of ether oxygens (including phenoxy) is 2. The van der Waals surface area contributed by atoms with Gasteiger partial charge in [-0.3, -0.25) is 19.1 Å². The van der Waals surface area contributed by atoms with Crippen LogP contribution in [-0.4, -0.2) is 58.9 Å². The smallest absolute Gasteiger partial charge is 0.411 e. The molecule has 0 radical (unpaired) electrons. The lowest BCUT2D eigenvalue weighted by Crippen LogP contribution is -2.39. The molecular formula is C33H47N7O6. The molecule has 0 bridgehead atoms. The van der Waals surface area contributed by atoms with E-state index in [-0.39, 0.29) is 25.4 Å². The van der Waals surface area contributed by atoms with Crippen molar-refractivity contribution in [1.82, 2.24) is 19.8 Å². The van der Waals surface area contributed by atoms with Crippen LogP contribution in [0, 0.1) is 6.92 Å². The molecule has 2 amide bonds. The van der Waals surface area contributed by atoms with Gasteiger partial charge in [-0.25, -0.2) is 9.59 Å². The second-order valence-corrected chi connectivity index (χ2v) is 10.7. The number of aromatic nitrogens is 2. The fourth-order valence-corrected chi connectivity index (χ4v) is 4.35. The van der Waals surface area contributed by atoms with E-state index in [4.69, 9.17) is 15.0 Å². The number of hydrogen-bond acceptors (Lipinski definition) is 7. The summed E-state index contributed by atoms with van der Waals surface area (Å²) in [7, 11) is 1.50. The average molecular weight is 638 g/mol. The first-order valence-corrected chi connectivity index (χ1v) is 15.7. The number of azide groups is 1. The standard InChI is InChI=1S/C33H47N7O6/c1-4-5-6-7-8-9-10-11-12-13-14-15-16-17-18-19-20-21-28(41)35-22-23-39(3)33(44)46-31-27(37-38-34)24-29(45-31)40-25-26(2)30(42)36-32(40)43/h5-6,8-9,11-12,14-15,17-18,25,27,29,31H,4,7,10,13,16,19-24H2,1-3H3,(H,35,41)(H,36,42,43)/b6-5-,9-8-,12-11-,15-14-,18-17-/t27-,29-,31-/m0/s1. The van der Waals surface area contributed by atoms with Crippen LogP contribution in [0.3, 0.4) is 0 Å². The molecule has 46 heavy (non-hydrogen) atoms. The molecule has 2 heterocycles. The highest BCUT2D eigenvalue weighted by molar-refractivity contribution is 5.75. The van der Waals surface area contributed by atoms with Crippen LogP contribution in [0.25, 0.3) is 10.4 Å². The predicted molar refractivity (Wildman–Crippen MR) is 178 cm³/mol. The molecule has 13 nitrogen and oxygen atoms in total. The van der Waals surface area contributed by atoms with Crippen molar-refractivity contribution < 1.29 is 19.1 Å². The van der Waals surface area contributed by atoms with E-state index in [0.29, 0.717) is 18.4 Å². The number of nitrogens with one attached hydrogen (secondary N) is 2. The van der Waals surface area contributed by atoms with E-state index in [9.17, 15) is 19.2 Å². The van der Waals surface area contributed by atoms with Gasteiger partial charge in [0.2, 0.25) is 12.2 Å². The quantitative estimate of drug-likeness (QED) is 0.0631. The van der Waals surface area contributed by atoms with Crippen LogP contribution in [0.2, 0.25) is 0 Å². The van der Waals surface area contributed by atoms with Gasteiger partial charge in [0.25, 0.3) is 5.56 Å². The highest BCUT2D eigenvalue weighted by Crippen LogP contribution is 2.31. The summed E-state index contributed by atoms with van der Waals surface area (Å²) < 4.78 is 12.2. The minimum absolute atomic E-state index is 0.0623. The molecule has 1 fully saturated rings. The van der Waals surface area contributed by atoms with Gasteiger partial charge >= 0.3 is 11.8 Å². The maximum atomic E-state index is 12.6. The summed E-state index contributed by atoms with van der Waals surface area (Å²) in [6.45, 7) is 4.07. The molecule has 0 saturated carbocycles. The Morgan fingerprint density at radius 3 is 2.30 bits per heavy atom. The summed E-state index contributed by atoms with van der Waals surface area (Å²) in [5.74, 6) is -0.110. The van der Waals surface area contributed by atoms with Crippen LogP contribution < -0.4 is 16.6 Å². The van der Waals surface area contributed by atoms with Gasteiger partial charge in [0.1, 0.15) is 12.3 Å². The first-order chi connectivity index (χ1) is 22.3. The molecule has 1 saturated heterocycles. The number of nitrogens with zero attached hydrogens (tertiary/aromatic N) is 5. The Labute approximate surface area is 270 Å². The van der Waals surface area contributed by atoms with Gasteiger partial charge < -0.3 is 19.7 Å². The number of unbranched alkanes of at least 4 members (excludes halogenated alkanes) is 1. The molecule has 2 N–H and O–H groups in total. The van der Waals surface area contributed by atoms with E-state index in [1.807, 2.05) is 0 Å². The molecule has 13 heteroatoms. The lowest BCUT2D eigenvalue weighted by molar-refractivity contribution is -0.127. The van der Waals surface area contributed by atoms with Crippen molar-refractivity contribution in [2.45, 2.75) is 90.2 Å². The van der Waals surface area contributed by atoms with Gasteiger partial charge in [0.15, 0.2) is 0 Å². The third-order valence-electron chi connectivity index (χ3n) is 6.93. The van der Waals surface area contributed by atoms with Crippen LogP contribution in [0.4, 0.5) is 4.79 Å². The van der Waals surface area contributed by atoms with Crippen molar-refractivity contribution >= 4 is 12.0 Å². The van der Waals surface area contributed by atoms with E-state index >= 15 is 0 Å². The molecule has 3 atom stereocenters. The summed E-state index contributed by atoms with van der Waals surface area (Å²) in [5, 5.41) is 6.42. The number of aromatic amines is 1. The Morgan fingerprint density at radius 1 is 1.09 bits per heavy atom. The molecule has 0 aliphatic carbocycles. The minimum Gasteiger partial charge on any atom is -0.419 e. The van der Waals surface area contributed by atoms with Gasteiger partial charge in [0, 0.05) is 49.7 Å². The number of allylic oxidation sites excluding steroid dienone is 10. The average Bonchev–Trinajstić information content (AvgIpc) is 3.42. The molecule has 0 aromatic carbocycles. The number of rotatable bonds is 19. The largest absolute Gasteiger partial charge is 0.419 e. The molecule has 250 valence electrons. The van der Waals surface area contributed by atoms with Gasteiger partial charge in [-0.2, -0.15) is 0 Å². The summed E-state index contributed by atoms with van der Waals surface area (Å²) in [6, 6.07) is -0.880. The first-order valence-electron chi connectivity index (χ1n) is 15.7. The zero-order valence-corrected chi connectivity index (χ0v) is 27.0. The number of H-pyrrole nitrogens is 1. The number of carbonyl (C=O) groups excluding carboxylic acids is 2. The molecule has 2 rings (SSSR count). The van der Waals surface area contributed by atoms with Crippen molar-refractivity contribution in [2.24, 2.45) is 5.11 Å². The SMILES string of the molecule is CC/C=C\C/C=C\C/C=C\C/C=C\C/C=C\CCCC(=O)NCCN(C)C(=O)O[C@@H]1O[C@H](n2cc(C)c(=O)[nH]c2=O)C[C@@H]1N=[N+]=[N-]. The molecule has 1 aromatic heterocycles. The van der Waals surface area contributed by atoms with Crippen LogP contribution >= 0.6 is 0 Å². The van der Waals surface area contributed by atoms with Crippen LogP contribution in [0.1, 0.15) is 76.5 Å². The van der Waals surface area contributed by atoms with Crippen molar-refractivity contribution in [3.8, 4) is 0 Å². The van der Waals surface area contributed by atoms with Gasteiger partial charge in [0.05, 0.1) is 0 Å². The van der Waals surface area contributed by atoms with Crippen LogP contribution in [0.5, 0.6) is 0 Å². The fourth-order valence-electron chi connectivity index (χ4n) is 4.35. The second kappa shape index (κ2) is 22.0.